The lowest BCUT2D eigenvalue weighted by atomic mass is 9.98. The van der Waals surface area contributed by atoms with Gasteiger partial charge in [0, 0.05) is 37.5 Å². The molecular formula is C18H27N3O3S2. The Morgan fingerprint density at radius 3 is 2.42 bits per heavy atom. The van der Waals surface area contributed by atoms with Gasteiger partial charge in [0.2, 0.25) is 10.0 Å². The molecule has 8 heteroatoms. The summed E-state index contributed by atoms with van der Waals surface area (Å²) in [6.45, 7) is 8.40. The highest BCUT2D eigenvalue weighted by atomic mass is 32.2. The number of hydrogen-bond acceptors (Lipinski definition) is 6. The third-order valence-corrected chi connectivity index (χ3v) is 6.45. The average molecular weight is 398 g/mol. The maximum absolute atomic E-state index is 12.1. The molecule has 0 unspecified atom stereocenters. The monoisotopic (exact) mass is 397 g/mol. The summed E-state index contributed by atoms with van der Waals surface area (Å²) in [6.07, 6.45) is 0. The molecule has 1 heterocycles. The normalized spacial score (nSPS) is 12.5. The summed E-state index contributed by atoms with van der Waals surface area (Å²) in [4.78, 5) is 4.91. The molecule has 0 amide bonds. The number of thiazole rings is 1. The number of aromatic nitrogens is 1. The van der Waals surface area contributed by atoms with Gasteiger partial charge < -0.3 is 10.1 Å². The van der Waals surface area contributed by atoms with Gasteiger partial charge >= 0.3 is 0 Å². The van der Waals surface area contributed by atoms with Crippen molar-refractivity contribution in [1.82, 2.24) is 15.0 Å². The van der Waals surface area contributed by atoms with E-state index in [-0.39, 0.29) is 16.9 Å². The Balaban J connectivity index is 1.86. The molecule has 0 bridgehead atoms. The average Bonchev–Trinajstić information content (AvgIpc) is 3.05. The SMILES string of the molecule is COCCNS(=O)(=O)c1ccc(CNCc2csc(C(C)(C)C)n2)cc1. The largest absolute Gasteiger partial charge is 0.383 e. The first-order chi connectivity index (χ1) is 12.2. The van der Waals surface area contributed by atoms with Crippen molar-refractivity contribution in [3.05, 3.63) is 45.9 Å². The Labute approximate surface area is 160 Å². The second-order valence-corrected chi connectivity index (χ2v) is 9.66. The molecule has 6 nitrogen and oxygen atoms in total. The summed E-state index contributed by atoms with van der Waals surface area (Å²) >= 11 is 1.68. The molecule has 1 aromatic heterocycles. The predicted molar refractivity (Wildman–Crippen MR) is 105 cm³/mol. The number of methoxy groups -OCH3 is 1. The molecule has 0 saturated heterocycles. The number of nitrogens with zero attached hydrogens (tertiary/aromatic N) is 1. The van der Waals surface area contributed by atoms with Gasteiger partial charge in [0.1, 0.15) is 0 Å². The Hall–Kier alpha value is -1.32. The van der Waals surface area contributed by atoms with E-state index in [0.29, 0.717) is 19.7 Å². The van der Waals surface area contributed by atoms with E-state index in [0.717, 1.165) is 16.3 Å². The molecule has 0 saturated carbocycles. The van der Waals surface area contributed by atoms with Crippen LogP contribution in [-0.4, -0.2) is 33.7 Å². The van der Waals surface area contributed by atoms with Gasteiger partial charge in [-0.25, -0.2) is 18.1 Å². The van der Waals surface area contributed by atoms with Crippen LogP contribution >= 0.6 is 11.3 Å². The minimum atomic E-state index is -3.48. The van der Waals surface area contributed by atoms with E-state index < -0.39 is 10.0 Å². The fourth-order valence-corrected chi connectivity index (χ4v) is 4.14. The number of benzene rings is 1. The van der Waals surface area contributed by atoms with Crippen molar-refractivity contribution in [3.63, 3.8) is 0 Å². The molecule has 0 atom stereocenters. The Bertz CT molecular complexity index is 794. The van der Waals surface area contributed by atoms with Crippen molar-refractivity contribution >= 4 is 21.4 Å². The van der Waals surface area contributed by atoms with Gasteiger partial charge in [-0.1, -0.05) is 32.9 Å². The molecule has 0 aliphatic rings. The van der Waals surface area contributed by atoms with E-state index >= 15 is 0 Å². The van der Waals surface area contributed by atoms with Gasteiger partial charge in [0.15, 0.2) is 0 Å². The van der Waals surface area contributed by atoms with Crippen LogP contribution in [-0.2, 0) is 33.3 Å². The van der Waals surface area contributed by atoms with E-state index in [1.54, 1.807) is 23.5 Å². The zero-order chi connectivity index (χ0) is 19.2. The highest BCUT2D eigenvalue weighted by Gasteiger charge is 2.17. The molecule has 0 spiro atoms. The van der Waals surface area contributed by atoms with Crippen molar-refractivity contribution < 1.29 is 13.2 Å². The van der Waals surface area contributed by atoms with Crippen LogP contribution in [0, 0.1) is 0 Å². The van der Waals surface area contributed by atoms with Crippen LogP contribution in [0.5, 0.6) is 0 Å². The smallest absolute Gasteiger partial charge is 0.240 e. The zero-order valence-corrected chi connectivity index (χ0v) is 17.3. The molecule has 144 valence electrons. The lowest BCUT2D eigenvalue weighted by Crippen LogP contribution is -2.27. The third kappa shape index (κ3) is 6.14. The minimum absolute atomic E-state index is 0.0710. The predicted octanol–water partition coefficient (Wildman–Crippen LogP) is 2.66. The third-order valence-electron chi connectivity index (χ3n) is 3.66. The zero-order valence-electron chi connectivity index (χ0n) is 15.7. The molecule has 1 aromatic carbocycles. The van der Waals surface area contributed by atoms with Crippen LogP contribution in [0.15, 0.2) is 34.5 Å². The molecule has 26 heavy (non-hydrogen) atoms. The second kappa shape index (κ2) is 9.05. The van der Waals surface area contributed by atoms with E-state index in [4.69, 9.17) is 4.74 Å². The topological polar surface area (TPSA) is 80.3 Å². The number of rotatable bonds is 9. The first-order valence-electron chi connectivity index (χ1n) is 8.45. The Morgan fingerprint density at radius 1 is 1.15 bits per heavy atom. The van der Waals surface area contributed by atoms with Gasteiger partial charge in [-0.15, -0.1) is 11.3 Å². The van der Waals surface area contributed by atoms with Crippen molar-refractivity contribution in [2.75, 3.05) is 20.3 Å². The molecule has 0 aliphatic carbocycles. The first-order valence-corrected chi connectivity index (χ1v) is 10.8. The lowest BCUT2D eigenvalue weighted by molar-refractivity contribution is 0.204. The fourth-order valence-electron chi connectivity index (χ4n) is 2.22. The number of hydrogen-bond donors (Lipinski definition) is 2. The quantitative estimate of drug-likeness (QED) is 0.636. The van der Waals surface area contributed by atoms with Gasteiger partial charge in [0.05, 0.1) is 22.2 Å². The van der Waals surface area contributed by atoms with Crippen LogP contribution in [0.25, 0.3) is 0 Å². The summed E-state index contributed by atoms with van der Waals surface area (Å²) in [7, 11) is -1.95. The first kappa shape index (κ1) is 21.0. The van der Waals surface area contributed by atoms with Crippen molar-refractivity contribution in [3.8, 4) is 0 Å². The molecule has 0 fully saturated rings. The lowest BCUT2D eigenvalue weighted by Gasteiger charge is -2.13. The molecule has 2 aromatic rings. The van der Waals surface area contributed by atoms with Crippen molar-refractivity contribution in [2.45, 2.75) is 44.2 Å². The summed E-state index contributed by atoms with van der Waals surface area (Å²) in [5, 5.41) is 6.55. The van der Waals surface area contributed by atoms with E-state index in [2.05, 4.69) is 41.2 Å². The highest BCUT2D eigenvalue weighted by molar-refractivity contribution is 7.89. The summed E-state index contributed by atoms with van der Waals surface area (Å²) in [5.41, 5.74) is 2.12. The van der Waals surface area contributed by atoms with Gasteiger partial charge in [-0.3, -0.25) is 0 Å². The number of ether oxygens (including phenoxy) is 1. The van der Waals surface area contributed by atoms with Crippen molar-refractivity contribution in [2.24, 2.45) is 0 Å². The molecule has 2 rings (SSSR count). The molecular weight excluding hydrogens is 370 g/mol. The van der Waals surface area contributed by atoms with Crippen LogP contribution < -0.4 is 10.0 Å². The van der Waals surface area contributed by atoms with Gasteiger partial charge in [-0.2, -0.15) is 0 Å². The van der Waals surface area contributed by atoms with Crippen LogP contribution in [0.2, 0.25) is 0 Å². The summed E-state index contributed by atoms with van der Waals surface area (Å²) in [5.74, 6) is 0. The summed E-state index contributed by atoms with van der Waals surface area (Å²) in [6, 6.07) is 6.87. The van der Waals surface area contributed by atoms with E-state index in [9.17, 15) is 8.42 Å². The minimum Gasteiger partial charge on any atom is -0.383 e. The fraction of sp³-hybridized carbons (Fsp3) is 0.500. The Kier molecular flexibility index (Phi) is 7.31. The standard InChI is InChI=1S/C18H27N3O3S2/c1-18(2,3)17-21-15(13-25-17)12-19-11-14-5-7-16(8-6-14)26(22,23)20-9-10-24-4/h5-8,13,19-20H,9-12H2,1-4H3. The maximum atomic E-state index is 12.1. The number of nitrogens with one attached hydrogen (secondary N) is 2. The molecule has 2 N–H and O–H groups in total. The van der Waals surface area contributed by atoms with Gasteiger partial charge in [-0.05, 0) is 17.7 Å². The van der Waals surface area contributed by atoms with Crippen LogP contribution in [0.3, 0.4) is 0 Å². The highest BCUT2D eigenvalue weighted by Crippen LogP contribution is 2.25. The molecule has 0 radical (unpaired) electrons. The van der Waals surface area contributed by atoms with E-state index in [1.807, 2.05) is 12.1 Å². The number of sulfonamides is 1. The Morgan fingerprint density at radius 2 is 1.85 bits per heavy atom. The maximum Gasteiger partial charge on any atom is 0.240 e. The van der Waals surface area contributed by atoms with Crippen molar-refractivity contribution in [1.29, 1.82) is 0 Å². The van der Waals surface area contributed by atoms with Crippen LogP contribution in [0.4, 0.5) is 0 Å². The summed E-state index contributed by atoms with van der Waals surface area (Å²) < 4.78 is 31.6. The van der Waals surface area contributed by atoms with E-state index in [1.165, 1.54) is 7.11 Å². The molecule has 0 aliphatic heterocycles. The van der Waals surface area contributed by atoms with Crippen LogP contribution in [0.1, 0.15) is 37.0 Å². The second-order valence-electron chi connectivity index (χ2n) is 7.03. The van der Waals surface area contributed by atoms with Gasteiger partial charge in [0.25, 0.3) is 0 Å².